The molecule has 2 heterocycles. The van der Waals surface area contributed by atoms with Gasteiger partial charge in [-0.1, -0.05) is 0 Å². The Kier molecular flexibility index (Phi) is 2.90. The number of carbonyl (C=O) groups excluding carboxylic acids is 1. The Labute approximate surface area is 93.5 Å². The second kappa shape index (κ2) is 4.18. The lowest BCUT2D eigenvalue weighted by molar-refractivity contribution is -0.129. The van der Waals surface area contributed by atoms with Gasteiger partial charge in [-0.2, -0.15) is 0 Å². The van der Waals surface area contributed by atoms with E-state index in [0.29, 0.717) is 0 Å². The Morgan fingerprint density at radius 3 is 2.53 bits per heavy atom. The summed E-state index contributed by atoms with van der Waals surface area (Å²) >= 11 is 1.72. The van der Waals surface area contributed by atoms with Gasteiger partial charge in [-0.15, -0.1) is 11.3 Å². The van der Waals surface area contributed by atoms with Gasteiger partial charge < -0.3 is 9.80 Å². The molecule has 1 aliphatic rings. The Hall–Kier alpha value is -1.10. The minimum Gasteiger partial charge on any atom is -0.345 e. The number of nitrogens with zero attached hydrogens (tertiary/aromatic N) is 3. The van der Waals surface area contributed by atoms with Crippen LogP contribution in [-0.4, -0.2) is 42.0 Å². The van der Waals surface area contributed by atoms with Crippen LogP contribution in [0.25, 0.3) is 0 Å². The first-order valence-corrected chi connectivity index (χ1v) is 5.91. The van der Waals surface area contributed by atoms with Crippen LogP contribution in [0.1, 0.15) is 11.8 Å². The molecule has 1 aliphatic heterocycles. The van der Waals surface area contributed by atoms with Gasteiger partial charge in [0, 0.05) is 44.2 Å². The van der Waals surface area contributed by atoms with E-state index in [1.54, 1.807) is 18.3 Å². The molecule has 0 radical (unpaired) electrons. The molecular weight excluding hydrogens is 210 g/mol. The van der Waals surface area contributed by atoms with Crippen molar-refractivity contribution in [2.45, 2.75) is 13.8 Å². The van der Waals surface area contributed by atoms with E-state index in [1.165, 1.54) is 4.88 Å². The average molecular weight is 225 g/mol. The predicted octanol–water partition coefficient (Wildman–Crippen LogP) is 1.12. The molecule has 0 atom stereocenters. The quantitative estimate of drug-likeness (QED) is 0.718. The van der Waals surface area contributed by atoms with Crippen LogP contribution < -0.4 is 4.90 Å². The van der Waals surface area contributed by atoms with Gasteiger partial charge in [-0.05, 0) is 6.92 Å². The highest BCUT2D eigenvalue weighted by Crippen LogP contribution is 2.22. The number of piperazine rings is 1. The lowest BCUT2D eigenvalue weighted by Crippen LogP contribution is -2.48. The van der Waals surface area contributed by atoms with Crippen LogP contribution >= 0.6 is 11.3 Å². The number of thiazole rings is 1. The zero-order chi connectivity index (χ0) is 10.8. The first kappa shape index (κ1) is 10.4. The summed E-state index contributed by atoms with van der Waals surface area (Å²) in [5, 5.41) is 1.08. The van der Waals surface area contributed by atoms with Gasteiger partial charge in [0.15, 0.2) is 5.13 Å². The number of amides is 1. The van der Waals surface area contributed by atoms with Gasteiger partial charge in [0.1, 0.15) is 0 Å². The summed E-state index contributed by atoms with van der Waals surface area (Å²) in [5.74, 6) is 0.171. The fourth-order valence-electron chi connectivity index (χ4n) is 1.70. The third kappa shape index (κ3) is 2.28. The molecule has 0 bridgehead atoms. The van der Waals surface area contributed by atoms with Crippen LogP contribution in [0.5, 0.6) is 0 Å². The Bertz CT molecular complexity index is 355. The van der Waals surface area contributed by atoms with Gasteiger partial charge in [0.05, 0.1) is 0 Å². The first-order chi connectivity index (χ1) is 7.16. The molecule has 5 heteroatoms. The van der Waals surface area contributed by atoms with Crippen molar-refractivity contribution < 1.29 is 4.79 Å². The monoisotopic (exact) mass is 225 g/mol. The Balaban J connectivity index is 1.96. The molecule has 1 amide bonds. The van der Waals surface area contributed by atoms with Gasteiger partial charge in [-0.25, -0.2) is 4.98 Å². The highest BCUT2D eigenvalue weighted by molar-refractivity contribution is 7.15. The van der Waals surface area contributed by atoms with E-state index in [-0.39, 0.29) is 5.91 Å². The van der Waals surface area contributed by atoms with E-state index in [9.17, 15) is 4.79 Å². The lowest BCUT2D eigenvalue weighted by Gasteiger charge is -2.33. The summed E-state index contributed by atoms with van der Waals surface area (Å²) in [7, 11) is 0. The topological polar surface area (TPSA) is 36.4 Å². The predicted molar refractivity (Wildman–Crippen MR) is 61.3 cm³/mol. The van der Waals surface area contributed by atoms with Crippen molar-refractivity contribution in [1.82, 2.24) is 9.88 Å². The second-order valence-corrected chi connectivity index (χ2v) is 4.96. The fraction of sp³-hybridized carbons (Fsp3) is 0.600. The van der Waals surface area contributed by atoms with Crippen LogP contribution in [0.4, 0.5) is 5.13 Å². The maximum absolute atomic E-state index is 11.1. The fourth-order valence-corrected chi connectivity index (χ4v) is 2.51. The number of hydrogen-bond acceptors (Lipinski definition) is 4. The van der Waals surface area contributed by atoms with Gasteiger partial charge in [0.2, 0.25) is 5.91 Å². The molecule has 1 saturated heterocycles. The summed E-state index contributed by atoms with van der Waals surface area (Å²) in [6.45, 7) is 7.11. The van der Waals surface area contributed by atoms with Gasteiger partial charge in [0.25, 0.3) is 0 Å². The molecule has 0 aromatic carbocycles. The molecule has 0 aliphatic carbocycles. The van der Waals surface area contributed by atoms with Crippen molar-refractivity contribution in [2.24, 2.45) is 0 Å². The smallest absolute Gasteiger partial charge is 0.219 e. The minimum atomic E-state index is 0.171. The number of carbonyl (C=O) groups is 1. The van der Waals surface area contributed by atoms with Gasteiger partial charge in [-0.3, -0.25) is 4.79 Å². The van der Waals surface area contributed by atoms with Crippen LogP contribution in [0, 0.1) is 6.92 Å². The molecule has 1 fully saturated rings. The van der Waals surface area contributed by atoms with E-state index in [2.05, 4.69) is 16.8 Å². The van der Waals surface area contributed by atoms with Crippen molar-refractivity contribution in [3.05, 3.63) is 11.1 Å². The van der Waals surface area contributed by atoms with E-state index in [4.69, 9.17) is 0 Å². The van der Waals surface area contributed by atoms with Crippen molar-refractivity contribution in [3.8, 4) is 0 Å². The van der Waals surface area contributed by atoms with Crippen molar-refractivity contribution in [1.29, 1.82) is 0 Å². The molecule has 0 N–H and O–H groups in total. The molecule has 0 unspecified atom stereocenters. The highest BCUT2D eigenvalue weighted by atomic mass is 32.1. The van der Waals surface area contributed by atoms with E-state index in [0.717, 1.165) is 31.3 Å². The minimum absolute atomic E-state index is 0.171. The number of aryl methyl sites for hydroxylation is 1. The molecule has 2 rings (SSSR count). The third-order valence-electron chi connectivity index (χ3n) is 2.60. The van der Waals surface area contributed by atoms with Crippen LogP contribution in [0.15, 0.2) is 6.20 Å². The SMILES string of the molecule is CC(=O)N1CCN(c2ncc(C)s2)CC1. The highest BCUT2D eigenvalue weighted by Gasteiger charge is 2.20. The largest absolute Gasteiger partial charge is 0.345 e. The molecular formula is C10H15N3OS. The number of hydrogen-bond donors (Lipinski definition) is 0. The second-order valence-electron chi connectivity index (χ2n) is 3.75. The summed E-state index contributed by atoms with van der Waals surface area (Å²) < 4.78 is 0. The van der Waals surface area contributed by atoms with E-state index >= 15 is 0 Å². The zero-order valence-electron chi connectivity index (χ0n) is 9.06. The first-order valence-electron chi connectivity index (χ1n) is 5.09. The zero-order valence-corrected chi connectivity index (χ0v) is 9.88. The molecule has 4 nitrogen and oxygen atoms in total. The van der Waals surface area contributed by atoms with Crippen molar-refractivity contribution in [2.75, 3.05) is 31.1 Å². The van der Waals surface area contributed by atoms with Crippen LogP contribution in [0.3, 0.4) is 0 Å². The number of anilines is 1. The number of rotatable bonds is 1. The molecule has 15 heavy (non-hydrogen) atoms. The molecule has 0 spiro atoms. The molecule has 82 valence electrons. The summed E-state index contributed by atoms with van der Waals surface area (Å²) in [6.07, 6.45) is 1.90. The maximum Gasteiger partial charge on any atom is 0.219 e. The normalized spacial score (nSPS) is 16.9. The summed E-state index contributed by atoms with van der Waals surface area (Å²) in [4.78, 5) is 20.9. The molecule has 1 aromatic rings. The Morgan fingerprint density at radius 1 is 1.40 bits per heavy atom. The van der Waals surface area contributed by atoms with E-state index < -0.39 is 0 Å². The number of aromatic nitrogens is 1. The summed E-state index contributed by atoms with van der Waals surface area (Å²) in [5.41, 5.74) is 0. The molecule has 1 aromatic heterocycles. The maximum atomic E-state index is 11.1. The van der Waals surface area contributed by atoms with Crippen molar-refractivity contribution in [3.63, 3.8) is 0 Å². The van der Waals surface area contributed by atoms with Gasteiger partial charge >= 0.3 is 0 Å². The third-order valence-corrected chi connectivity index (χ3v) is 3.58. The van der Waals surface area contributed by atoms with Crippen molar-refractivity contribution >= 4 is 22.4 Å². The summed E-state index contributed by atoms with van der Waals surface area (Å²) in [6, 6.07) is 0. The van der Waals surface area contributed by atoms with Crippen LogP contribution in [-0.2, 0) is 4.79 Å². The van der Waals surface area contributed by atoms with Crippen LogP contribution in [0.2, 0.25) is 0 Å². The average Bonchev–Trinajstić information content (AvgIpc) is 2.65. The molecule has 0 saturated carbocycles. The Morgan fingerprint density at radius 2 is 2.07 bits per heavy atom. The standard InChI is InChI=1S/C10H15N3OS/c1-8-7-11-10(15-8)13-5-3-12(4-6-13)9(2)14/h7H,3-6H2,1-2H3. The van der Waals surface area contributed by atoms with E-state index in [1.807, 2.05) is 11.1 Å². The lowest BCUT2D eigenvalue weighted by atomic mass is 10.3.